The molecule has 1 amide bonds. The number of halogens is 1. The van der Waals surface area contributed by atoms with Gasteiger partial charge in [0, 0.05) is 17.8 Å². The van der Waals surface area contributed by atoms with Crippen molar-refractivity contribution in [3.63, 3.8) is 0 Å². The molecule has 5 nitrogen and oxygen atoms in total. The smallest absolute Gasteiger partial charge is 0.268 e. The van der Waals surface area contributed by atoms with E-state index in [-0.39, 0.29) is 23.2 Å². The van der Waals surface area contributed by atoms with Gasteiger partial charge in [0.1, 0.15) is 23.4 Å². The molecule has 6 heteroatoms. The van der Waals surface area contributed by atoms with Crippen molar-refractivity contribution in [2.45, 2.75) is 37.8 Å². The normalized spacial score (nSPS) is 21.5. The van der Waals surface area contributed by atoms with E-state index in [2.05, 4.69) is 16.8 Å². The standard InChI is InChI=1S/C18H16FN3O2/c1-9(23)2-3-10-6-14-13(7-15(10)19)11-4-12(5-11)22-8-16(17(20)24)21-18(14)22/h6-9,11-12,23H,4-5H2,1H3,(H2,20,24)/t9-,11?,12?/m1/s1. The average Bonchev–Trinajstić information content (AvgIpc) is 2.81. The van der Waals surface area contributed by atoms with E-state index in [0.29, 0.717) is 5.82 Å². The molecule has 1 fully saturated rings. The van der Waals surface area contributed by atoms with Crippen molar-refractivity contribution < 1.29 is 14.3 Å². The SMILES string of the molecule is C[C@@H](O)C#Cc1cc2c(cc1F)C1CC(C1)n1cc(C(N)=O)nc1-2. The Morgan fingerprint density at radius 1 is 1.50 bits per heavy atom. The number of primary amides is 1. The Morgan fingerprint density at radius 3 is 2.92 bits per heavy atom. The Hall–Kier alpha value is -2.65. The number of carbonyl (C=O) groups excluding carboxylic acids is 1. The molecule has 2 bridgehead atoms. The topological polar surface area (TPSA) is 81.1 Å². The Morgan fingerprint density at radius 2 is 2.25 bits per heavy atom. The number of hydrogen-bond donors (Lipinski definition) is 2. The third-order valence-electron chi connectivity index (χ3n) is 4.73. The van der Waals surface area contributed by atoms with Gasteiger partial charge in [-0.25, -0.2) is 9.37 Å². The number of aliphatic hydroxyl groups excluding tert-OH is 1. The van der Waals surface area contributed by atoms with E-state index in [1.807, 2.05) is 4.57 Å². The molecule has 122 valence electrons. The summed E-state index contributed by atoms with van der Waals surface area (Å²) in [5, 5.41) is 9.30. The Bertz CT molecular complexity index is 914. The summed E-state index contributed by atoms with van der Waals surface area (Å²) in [4.78, 5) is 15.8. The average molecular weight is 325 g/mol. The lowest BCUT2D eigenvalue weighted by molar-refractivity contribution is 0.0995. The highest BCUT2D eigenvalue weighted by atomic mass is 19.1. The van der Waals surface area contributed by atoms with Crippen molar-refractivity contribution in [1.82, 2.24) is 9.55 Å². The molecule has 2 aliphatic heterocycles. The second-order valence-corrected chi connectivity index (χ2v) is 6.41. The molecule has 0 spiro atoms. The third-order valence-corrected chi connectivity index (χ3v) is 4.73. The Kier molecular flexibility index (Phi) is 3.22. The summed E-state index contributed by atoms with van der Waals surface area (Å²) in [6.45, 7) is 1.52. The van der Waals surface area contributed by atoms with Crippen LogP contribution in [0.4, 0.5) is 4.39 Å². The van der Waals surface area contributed by atoms with E-state index < -0.39 is 17.8 Å². The number of imidazole rings is 1. The molecule has 0 unspecified atom stereocenters. The highest BCUT2D eigenvalue weighted by molar-refractivity contribution is 5.91. The summed E-state index contributed by atoms with van der Waals surface area (Å²) >= 11 is 0. The van der Waals surface area contributed by atoms with Crippen molar-refractivity contribution in [2.24, 2.45) is 5.73 Å². The Balaban J connectivity index is 1.92. The minimum atomic E-state index is -0.834. The van der Waals surface area contributed by atoms with Gasteiger partial charge in [-0.05, 0) is 43.4 Å². The lowest BCUT2D eigenvalue weighted by atomic mass is 9.75. The lowest BCUT2D eigenvalue weighted by Crippen LogP contribution is -2.22. The fraction of sp³-hybridized carbons (Fsp3) is 0.333. The lowest BCUT2D eigenvalue weighted by Gasteiger charge is -2.34. The van der Waals surface area contributed by atoms with Crippen LogP contribution in [0, 0.1) is 17.7 Å². The molecular weight excluding hydrogens is 309 g/mol. The van der Waals surface area contributed by atoms with Crippen LogP contribution in [-0.2, 0) is 0 Å². The summed E-state index contributed by atoms with van der Waals surface area (Å²) in [6.07, 6.45) is 2.64. The maximum Gasteiger partial charge on any atom is 0.268 e. The summed E-state index contributed by atoms with van der Waals surface area (Å²) in [5.74, 6) is 5.16. The number of benzene rings is 1. The van der Waals surface area contributed by atoms with E-state index in [9.17, 15) is 14.3 Å². The second kappa shape index (κ2) is 5.18. The molecule has 1 aromatic heterocycles. The van der Waals surface area contributed by atoms with E-state index in [1.165, 1.54) is 13.0 Å². The van der Waals surface area contributed by atoms with Crippen LogP contribution >= 0.6 is 0 Å². The van der Waals surface area contributed by atoms with Crippen molar-refractivity contribution in [2.75, 3.05) is 0 Å². The van der Waals surface area contributed by atoms with Crippen molar-refractivity contribution in [3.8, 4) is 23.2 Å². The van der Waals surface area contributed by atoms with Gasteiger partial charge in [0.2, 0.25) is 0 Å². The van der Waals surface area contributed by atoms with Gasteiger partial charge in [-0.2, -0.15) is 0 Å². The number of hydrogen-bond acceptors (Lipinski definition) is 3. The van der Waals surface area contributed by atoms with Gasteiger partial charge in [-0.15, -0.1) is 0 Å². The summed E-state index contributed by atoms with van der Waals surface area (Å²) in [6, 6.07) is 3.43. The fourth-order valence-electron chi connectivity index (χ4n) is 3.46. The highest BCUT2D eigenvalue weighted by Gasteiger charge is 2.39. The minimum Gasteiger partial charge on any atom is -0.381 e. The van der Waals surface area contributed by atoms with Crippen molar-refractivity contribution >= 4 is 5.91 Å². The first-order chi connectivity index (χ1) is 11.4. The highest BCUT2D eigenvalue weighted by Crippen LogP contribution is 2.52. The van der Waals surface area contributed by atoms with Crippen LogP contribution < -0.4 is 5.73 Å². The van der Waals surface area contributed by atoms with E-state index in [1.54, 1.807) is 12.3 Å². The predicted octanol–water partition coefficient (Wildman–Crippen LogP) is 1.95. The van der Waals surface area contributed by atoms with Crippen molar-refractivity contribution in [3.05, 3.63) is 41.0 Å². The molecule has 3 aliphatic rings. The van der Waals surface area contributed by atoms with Gasteiger partial charge in [0.15, 0.2) is 0 Å². The molecule has 0 saturated heterocycles. The zero-order valence-corrected chi connectivity index (χ0v) is 13.1. The van der Waals surface area contributed by atoms with Crippen LogP contribution in [0.2, 0.25) is 0 Å². The largest absolute Gasteiger partial charge is 0.381 e. The number of nitrogens with two attached hydrogens (primary N) is 1. The van der Waals surface area contributed by atoms with Gasteiger partial charge >= 0.3 is 0 Å². The van der Waals surface area contributed by atoms with E-state index in [4.69, 9.17) is 5.73 Å². The summed E-state index contributed by atoms with van der Waals surface area (Å²) in [5.41, 5.74) is 7.45. The molecular formula is C18H16FN3O2. The molecule has 5 rings (SSSR count). The maximum atomic E-state index is 14.4. The Labute approximate surface area is 138 Å². The molecule has 1 aromatic carbocycles. The number of nitrogens with zero attached hydrogens (tertiary/aromatic N) is 2. The van der Waals surface area contributed by atoms with E-state index >= 15 is 0 Å². The first kappa shape index (κ1) is 14.9. The number of carbonyl (C=O) groups is 1. The van der Waals surface area contributed by atoms with Crippen LogP contribution in [0.15, 0.2) is 18.3 Å². The van der Waals surface area contributed by atoms with E-state index in [0.717, 1.165) is 24.0 Å². The predicted molar refractivity (Wildman–Crippen MR) is 85.7 cm³/mol. The van der Waals surface area contributed by atoms with Gasteiger partial charge in [-0.1, -0.05) is 11.8 Å². The fourth-order valence-corrected chi connectivity index (χ4v) is 3.46. The molecule has 0 radical (unpaired) electrons. The maximum absolute atomic E-state index is 14.4. The number of rotatable bonds is 1. The molecule has 1 saturated carbocycles. The van der Waals surface area contributed by atoms with Crippen molar-refractivity contribution in [1.29, 1.82) is 0 Å². The molecule has 24 heavy (non-hydrogen) atoms. The molecule has 2 aromatic rings. The molecule has 3 N–H and O–H groups in total. The van der Waals surface area contributed by atoms with Crippen LogP contribution in [0.1, 0.15) is 53.3 Å². The first-order valence-corrected chi connectivity index (χ1v) is 7.86. The third kappa shape index (κ3) is 2.21. The van der Waals surface area contributed by atoms with Gasteiger partial charge < -0.3 is 15.4 Å². The van der Waals surface area contributed by atoms with Gasteiger partial charge in [-0.3, -0.25) is 4.79 Å². The van der Waals surface area contributed by atoms with Gasteiger partial charge in [0.25, 0.3) is 5.91 Å². The molecule has 1 atom stereocenters. The zero-order valence-electron chi connectivity index (χ0n) is 13.1. The summed E-state index contributed by atoms with van der Waals surface area (Å²) in [7, 11) is 0. The first-order valence-electron chi connectivity index (χ1n) is 7.86. The number of aromatic nitrogens is 2. The van der Waals surface area contributed by atoms with Crippen LogP contribution in [-0.4, -0.2) is 26.7 Å². The molecule has 3 heterocycles. The minimum absolute atomic E-state index is 0.210. The number of aliphatic hydroxyl groups is 1. The molecule has 1 aliphatic carbocycles. The van der Waals surface area contributed by atoms with Crippen LogP contribution in [0.5, 0.6) is 0 Å². The van der Waals surface area contributed by atoms with Crippen LogP contribution in [0.25, 0.3) is 11.4 Å². The summed E-state index contributed by atoms with van der Waals surface area (Å²) < 4.78 is 16.3. The zero-order chi connectivity index (χ0) is 17.0. The van der Waals surface area contributed by atoms with Gasteiger partial charge in [0.05, 0.1) is 5.56 Å². The second-order valence-electron chi connectivity index (χ2n) is 6.41. The quantitative estimate of drug-likeness (QED) is 0.786. The monoisotopic (exact) mass is 325 g/mol. The number of amides is 1. The van der Waals surface area contributed by atoms with Crippen LogP contribution in [0.3, 0.4) is 0 Å².